The molecule has 0 aliphatic carbocycles. The molecule has 0 unspecified atom stereocenters. The van der Waals surface area contributed by atoms with Gasteiger partial charge in [-0.2, -0.15) is 0 Å². The molecular weight excluding hydrogens is 454 g/mol. The summed E-state index contributed by atoms with van der Waals surface area (Å²) in [5.74, 6) is 3.36. The standard InChI is InChI=1S/C24H27N5O4S/c1-27-23(21-15-32-19-9-5-6-10-20(19)33-21)25-26-24(27)34-16-22(30)29-13-11-28(12-14-29)17-7-3-4-8-18(17)31-2/h3-10,21H,11-16H2,1-2H3/t21-/m0/s1. The Labute approximate surface area is 202 Å². The number of anilines is 1. The van der Waals surface area contributed by atoms with Gasteiger partial charge in [-0.05, 0) is 24.3 Å². The topological polar surface area (TPSA) is 82.0 Å². The lowest BCUT2D eigenvalue weighted by Gasteiger charge is -2.36. The third-order valence-corrected chi connectivity index (χ3v) is 7.05. The van der Waals surface area contributed by atoms with Crippen molar-refractivity contribution in [2.45, 2.75) is 11.3 Å². The van der Waals surface area contributed by atoms with Gasteiger partial charge in [-0.25, -0.2) is 0 Å². The number of thioether (sulfide) groups is 1. The second-order valence-corrected chi connectivity index (χ2v) is 9.03. The van der Waals surface area contributed by atoms with Crippen LogP contribution in [0.4, 0.5) is 5.69 Å². The van der Waals surface area contributed by atoms with Gasteiger partial charge in [0.15, 0.2) is 28.6 Å². The fourth-order valence-electron chi connectivity index (χ4n) is 4.18. The third-order valence-electron chi connectivity index (χ3n) is 6.05. The maximum Gasteiger partial charge on any atom is 0.233 e. The van der Waals surface area contributed by atoms with Crippen LogP contribution >= 0.6 is 11.8 Å². The van der Waals surface area contributed by atoms with Crippen LogP contribution in [0.3, 0.4) is 0 Å². The fraction of sp³-hybridized carbons (Fsp3) is 0.375. The second kappa shape index (κ2) is 9.84. The third kappa shape index (κ3) is 4.50. The molecule has 0 bridgehead atoms. The van der Waals surface area contributed by atoms with Crippen LogP contribution in [0.1, 0.15) is 11.9 Å². The normalized spacial score (nSPS) is 17.5. The van der Waals surface area contributed by atoms with Gasteiger partial charge in [0.1, 0.15) is 12.4 Å². The number of aromatic nitrogens is 3. The summed E-state index contributed by atoms with van der Waals surface area (Å²) in [4.78, 5) is 17.0. The summed E-state index contributed by atoms with van der Waals surface area (Å²) in [5, 5.41) is 9.27. The van der Waals surface area contributed by atoms with Crippen LogP contribution < -0.4 is 19.1 Å². The Morgan fingerprint density at radius 1 is 1.06 bits per heavy atom. The van der Waals surface area contributed by atoms with Crippen molar-refractivity contribution in [3.63, 3.8) is 0 Å². The summed E-state index contributed by atoms with van der Waals surface area (Å²) in [7, 11) is 3.57. The number of carbonyl (C=O) groups is 1. The number of para-hydroxylation sites is 4. The minimum atomic E-state index is -0.347. The molecule has 9 nitrogen and oxygen atoms in total. The molecule has 0 N–H and O–H groups in total. The van der Waals surface area contributed by atoms with Crippen molar-refractivity contribution in [2.75, 3.05) is 50.5 Å². The molecule has 178 valence electrons. The minimum Gasteiger partial charge on any atom is -0.495 e. The molecule has 1 aromatic heterocycles. The lowest BCUT2D eigenvalue weighted by molar-refractivity contribution is -0.128. The van der Waals surface area contributed by atoms with E-state index < -0.39 is 0 Å². The Balaban J connectivity index is 1.15. The van der Waals surface area contributed by atoms with Crippen LogP contribution in [0, 0.1) is 0 Å². The monoisotopic (exact) mass is 481 g/mol. The molecule has 3 heterocycles. The number of carbonyl (C=O) groups excluding carboxylic acids is 1. The average Bonchev–Trinajstić information content (AvgIpc) is 3.27. The van der Waals surface area contributed by atoms with E-state index in [4.69, 9.17) is 14.2 Å². The summed E-state index contributed by atoms with van der Waals surface area (Å²) in [6.07, 6.45) is -0.347. The maximum absolute atomic E-state index is 12.9. The van der Waals surface area contributed by atoms with E-state index in [-0.39, 0.29) is 12.0 Å². The minimum absolute atomic E-state index is 0.0976. The van der Waals surface area contributed by atoms with E-state index in [0.717, 1.165) is 30.3 Å². The highest BCUT2D eigenvalue weighted by Gasteiger charge is 2.28. The number of piperazine rings is 1. The lowest BCUT2D eigenvalue weighted by atomic mass is 10.2. The molecule has 10 heteroatoms. The molecule has 5 rings (SSSR count). The Bertz CT molecular complexity index is 1160. The van der Waals surface area contributed by atoms with Crippen molar-refractivity contribution in [1.82, 2.24) is 19.7 Å². The van der Waals surface area contributed by atoms with Crippen LogP contribution in [0.5, 0.6) is 17.2 Å². The summed E-state index contributed by atoms with van der Waals surface area (Å²) in [6.45, 7) is 3.25. The second-order valence-electron chi connectivity index (χ2n) is 8.09. The molecular formula is C24H27N5O4S. The highest BCUT2D eigenvalue weighted by Crippen LogP contribution is 2.36. The van der Waals surface area contributed by atoms with Crippen molar-refractivity contribution in [3.05, 3.63) is 54.4 Å². The van der Waals surface area contributed by atoms with Gasteiger partial charge in [-0.3, -0.25) is 4.79 Å². The van der Waals surface area contributed by atoms with Gasteiger partial charge in [-0.1, -0.05) is 36.0 Å². The number of fused-ring (bicyclic) bond motifs is 1. The van der Waals surface area contributed by atoms with Crippen LogP contribution in [-0.2, 0) is 11.8 Å². The number of methoxy groups -OCH3 is 1. The zero-order valence-corrected chi connectivity index (χ0v) is 20.0. The maximum atomic E-state index is 12.9. The van der Waals surface area contributed by atoms with Crippen LogP contribution in [0.15, 0.2) is 53.7 Å². The Hall–Kier alpha value is -3.40. The molecule has 2 aliphatic heterocycles. The van der Waals surface area contributed by atoms with E-state index in [9.17, 15) is 4.79 Å². The number of hydrogen-bond acceptors (Lipinski definition) is 8. The number of amides is 1. The Morgan fingerprint density at radius 2 is 1.79 bits per heavy atom. The predicted molar refractivity (Wildman–Crippen MR) is 129 cm³/mol. The van der Waals surface area contributed by atoms with Gasteiger partial charge in [0.2, 0.25) is 5.91 Å². The smallest absolute Gasteiger partial charge is 0.233 e. The first-order chi connectivity index (χ1) is 16.6. The molecule has 1 fully saturated rings. The molecule has 3 aromatic rings. The van der Waals surface area contributed by atoms with Crippen molar-refractivity contribution in [1.29, 1.82) is 0 Å². The average molecular weight is 482 g/mol. The highest BCUT2D eigenvalue weighted by molar-refractivity contribution is 7.99. The number of nitrogens with zero attached hydrogens (tertiary/aromatic N) is 5. The van der Waals surface area contributed by atoms with E-state index in [1.807, 2.05) is 59.0 Å². The molecule has 1 amide bonds. The summed E-state index contributed by atoms with van der Waals surface area (Å²) < 4.78 is 19.2. The number of ether oxygens (including phenoxy) is 3. The van der Waals surface area contributed by atoms with Crippen LogP contribution in [-0.4, -0.2) is 71.2 Å². The van der Waals surface area contributed by atoms with Crippen molar-refractivity contribution >= 4 is 23.4 Å². The molecule has 1 saturated heterocycles. The first-order valence-electron chi connectivity index (χ1n) is 11.2. The molecule has 2 aromatic carbocycles. The van der Waals surface area contributed by atoms with Gasteiger partial charge in [-0.15, -0.1) is 10.2 Å². The van der Waals surface area contributed by atoms with E-state index in [0.29, 0.717) is 42.2 Å². The quantitative estimate of drug-likeness (QED) is 0.497. The van der Waals surface area contributed by atoms with E-state index in [2.05, 4.69) is 21.2 Å². The molecule has 0 spiro atoms. The van der Waals surface area contributed by atoms with E-state index >= 15 is 0 Å². The van der Waals surface area contributed by atoms with Gasteiger partial charge in [0.05, 0.1) is 18.6 Å². The number of rotatable bonds is 6. The van der Waals surface area contributed by atoms with Crippen molar-refractivity contribution in [2.24, 2.45) is 7.05 Å². The van der Waals surface area contributed by atoms with E-state index in [1.54, 1.807) is 7.11 Å². The number of benzene rings is 2. The Morgan fingerprint density at radius 3 is 2.59 bits per heavy atom. The molecule has 1 atom stereocenters. The van der Waals surface area contributed by atoms with Gasteiger partial charge < -0.3 is 28.6 Å². The van der Waals surface area contributed by atoms with Gasteiger partial charge in [0, 0.05) is 33.2 Å². The summed E-state index contributed by atoms with van der Waals surface area (Å²) in [5.41, 5.74) is 1.06. The van der Waals surface area contributed by atoms with Crippen LogP contribution in [0.2, 0.25) is 0 Å². The Kier molecular flexibility index (Phi) is 6.48. The zero-order valence-electron chi connectivity index (χ0n) is 19.2. The molecule has 34 heavy (non-hydrogen) atoms. The molecule has 0 saturated carbocycles. The SMILES string of the molecule is COc1ccccc1N1CCN(C(=O)CSc2nnc([C@@H]3COc4ccccc4O3)n2C)CC1. The van der Waals surface area contributed by atoms with Crippen molar-refractivity contribution < 1.29 is 19.0 Å². The predicted octanol–water partition coefficient (Wildman–Crippen LogP) is 2.78. The zero-order chi connectivity index (χ0) is 23.5. The van der Waals surface area contributed by atoms with Gasteiger partial charge in [0.25, 0.3) is 0 Å². The highest BCUT2D eigenvalue weighted by atomic mass is 32.2. The lowest BCUT2D eigenvalue weighted by Crippen LogP contribution is -2.49. The largest absolute Gasteiger partial charge is 0.495 e. The first kappa shape index (κ1) is 22.4. The number of hydrogen-bond donors (Lipinski definition) is 0. The van der Waals surface area contributed by atoms with E-state index in [1.165, 1.54) is 11.8 Å². The van der Waals surface area contributed by atoms with Gasteiger partial charge >= 0.3 is 0 Å². The molecule has 0 radical (unpaired) electrons. The summed E-state index contributed by atoms with van der Waals surface area (Å²) >= 11 is 1.39. The van der Waals surface area contributed by atoms with Crippen LogP contribution in [0.25, 0.3) is 0 Å². The summed E-state index contributed by atoms with van der Waals surface area (Å²) in [6, 6.07) is 15.6. The molecule has 2 aliphatic rings. The fourth-order valence-corrected chi connectivity index (χ4v) is 5.01. The van der Waals surface area contributed by atoms with Crippen molar-refractivity contribution in [3.8, 4) is 17.2 Å². The first-order valence-corrected chi connectivity index (χ1v) is 12.2.